The second-order valence-electron chi connectivity index (χ2n) is 7.72. The number of aryl methyl sites for hydroxylation is 1. The van der Waals surface area contributed by atoms with Gasteiger partial charge < -0.3 is 19.9 Å². The first kappa shape index (κ1) is 19.3. The van der Waals surface area contributed by atoms with Crippen LogP contribution in [-0.2, 0) is 4.74 Å². The fraction of sp³-hybridized carbons (Fsp3) is 0.409. The lowest BCUT2D eigenvalue weighted by Crippen LogP contribution is -2.36. The molecule has 1 amide bonds. The van der Waals surface area contributed by atoms with Gasteiger partial charge in [-0.3, -0.25) is 4.79 Å². The summed E-state index contributed by atoms with van der Waals surface area (Å²) in [6, 6.07) is 7.92. The van der Waals surface area contributed by atoms with Gasteiger partial charge in [0.05, 0.1) is 24.1 Å². The van der Waals surface area contributed by atoms with Gasteiger partial charge in [-0.1, -0.05) is 0 Å². The molecule has 0 atom stereocenters. The van der Waals surface area contributed by atoms with Gasteiger partial charge in [0.1, 0.15) is 5.82 Å². The van der Waals surface area contributed by atoms with Gasteiger partial charge in [0.15, 0.2) is 0 Å². The topological polar surface area (TPSA) is 70.6 Å². The molecular weight excluding hydrogens is 398 g/mol. The van der Waals surface area contributed by atoms with Gasteiger partial charge in [-0.2, -0.15) is 0 Å². The second-order valence-corrected chi connectivity index (χ2v) is 8.80. The van der Waals surface area contributed by atoms with Crippen molar-refractivity contribution in [1.82, 2.24) is 9.97 Å². The van der Waals surface area contributed by atoms with Crippen molar-refractivity contribution in [2.45, 2.75) is 19.8 Å². The number of aromatic nitrogens is 2. The molecule has 2 fully saturated rings. The van der Waals surface area contributed by atoms with Crippen molar-refractivity contribution in [2.75, 3.05) is 54.5 Å². The van der Waals surface area contributed by atoms with Gasteiger partial charge in [0.25, 0.3) is 5.91 Å². The number of amides is 1. The Morgan fingerprint density at radius 3 is 2.50 bits per heavy atom. The van der Waals surface area contributed by atoms with Crippen LogP contribution in [0.25, 0.3) is 10.9 Å². The number of carbonyl (C=O) groups is 1. The summed E-state index contributed by atoms with van der Waals surface area (Å²) in [7, 11) is 0. The smallest absolute Gasteiger partial charge is 0.293 e. The Morgan fingerprint density at radius 2 is 1.77 bits per heavy atom. The standard InChI is InChI=1S/C22H25N5O2S/c1-15-19-18(14-30-15)24-20(25-21(19)27-8-2-3-9-27)22(28)23-16-4-6-17(7-5-16)26-10-12-29-13-11-26/h4-7,14H,2-3,8-13H2,1H3,(H,23,28). The van der Waals surface area contributed by atoms with Crippen LogP contribution in [0.15, 0.2) is 29.6 Å². The van der Waals surface area contributed by atoms with Crippen LogP contribution in [0.3, 0.4) is 0 Å². The Labute approximate surface area is 179 Å². The van der Waals surface area contributed by atoms with Crippen molar-refractivity contribution in [3.8, 4) is 0 Å². The molecule has 1 N–H and O–H groups in total. The van der Waals surface area contributed by atoms with Crippen molar-refractivity contribution in [1.29, 1.82) is 0 Å². The minimum atomic E-state index is -0.277. The number of thiophene rings is 1. The fourth-order valence-electron chi connectivity index (χ4n) is 4.12. The first-order chi connectivity index (χ1) is 14.7. The van der Waals surface area contributed by atoms with Gasteiger partial charge in [0.2, 0.25) is 5.82 Å². The zero-order valence-electron chi connectivity index (χ0n) is 17.1. The molecule has 2 saturated heterocycles. The maximum atomic E-state index is 12.9. The van der Waals surface area contributed by atoms with E-state index in [1.165, 1.54) is 4.88 Å². The van der Waals surface area contributed by atoms with Crippen LogP contribution in [0, 0.1) is 6.92 Å². The summed E-state index contributed by atoms with van der Waals surface area (Å²) < 4.78 is 5.41. The second kappa shape index (κ2) is 8.20. The van der Waals surface area contributed by atoms with Crippen LogP contribution in [-0.4, -0.2) is 55.3 Å². The predicted octanol–water partition coefficient (Wildman–Crippen LogP) is 3.69. The predicted molar refractivity (Wildman–Crippen MR) is 121 cm³/mol. The number of hydrogen-bond donors (Lipinski definition) is 1. The van der Waals surface area contributed by atoms with E-state index in [2.05, 4.69) is 27.0 Å². The quantitative estimate of drug-likeness (QED) is 0.690. The zero-order valence-corrected chi connectivity index (χ0v) is 17.9. The minimum Gasteiger partial charge on any atom is -0.378 e. The molecule has 0 unspecified atom stereocenters. The molecule has 0 radical (unpaired) electrons. The number of nitrogens with one attached hydrogen (secondary N) is 1. The van der Waals surface area contributed by atoms with Gasteiger partial charge in [0, 0.05) is 47.8 Å². The summed E-state index contributed by atoms with van der Waals surface area (Å²) in [4.78, 5) is 27.9. The molecular formula is C22H25N5O2S. The largest absolute Gasteiger partial charge is 0.378 e. The highest BCUT2D eigenvalue weighted by Gasteiger charge is 2.22. The average Bonchev–Trinajstić information content (AvgIpc) is 3.45. The number of ether oxygens (including phenoxy) is 1. The molecule has 30 heavy (non-hydrogen) atoms. The lowest BCUT2D eigenvalue weighted by Gasteiger charge is -2.28. The SMILES string of the molecule is Cc1scc2nc(C(=O)Nc3ccc(N4CCOCC4)cc3)nc(N3CCCC3)c12. The molecule has 1 aromatic carbocycles. The molecule has 3 aromatic rings. The van der Waals surface area contributed by atoms with Crippen molar-refractivity contribution >= 4 is 45.3 Å². The van der Waals surface area contributed by atoms with E-state index in [9.17, 15) is 4.79 Å². The molecule has 2 aromatic heterocycles. The molecule has 2 aliphatic heterocycles. The number of rotatable bonds is 4. The first-order valence-corrected chi connectivity index (χ1v) is 11.3. The molecule has 5 rings (SSSR count). The molecule has 0 saturated carbocycles. The fourth-order valence-corrected chi connectivity index (χ4v) is 4.89. The highest BCUT2D eigenvalue weighted by Crippen LogP contribution is 2.33. The van der Waals surface area contributed by atoms with E-state index in [-0.39, 0.29) is 11.7 Å². The van der Waals surface area contributed by atoms with Gasteiger partial charge >= 0.3 is 0 Å². The summed E-state index contributed by atoms with van der Waals surface area (Å²) in [6.07, 6.45) is 2.32. The van der Waals surface area contributed by atoms with Crippen LogP contribution in [0.4, 0.5) is 17.2 Å². The van der Waals surface area contributed by atoms with E-state index in [1.54, 1.807) is 11.3 Å². The maximum Gasteiger partial charge on any atom is 0.293 e. The number of fused-ring (bicyclic) bond motifs is 1. The molecule has 156 valence electrons. The van der Waals surface area contributed by atoms with Crippen molar-refractivity contribution in [3.63, 3.8) is 0 Å². The Morgan fingerprint density at radius 1 is 1.03 bits per heavy atom. The van der Waals surface area contributed by atoms with Gasteiger partial charge in [-0.25, -0.2) is 9.97 Å². The molecule has 0 aliphatic carbocycles. The van der Waals surface area contributed by atoms with E-state index in [0.29, 0.717) is 0 Å². The highest BCUT2D eigenvalue weighted by atomic mass is 32.1. The van der Waals surface area contributed by atoms with Gasteiger partial charge in [-0.15, -0.1) is 11.3 Å². The number of morpholine rings is 1. The molecule has 0 spiro atoms. The summed E-state index contributed by atoms with van der Waals surface area (Å²) >= 11 is 1.66. The van der Waals surface area contributed by atoms with Crippen LogP contribution in [0.2, 0.25) is 0 Å². The van der Waals surface area contributed by atoms with Crippen LogP contribution in [0.5, 0.6) is 0 Å². The van der Waals surface area contributed by atoms with Crippen LogP contribution in [0.1, 0.15) is 28.3 Å². The van der Waals surface area contributed by atoms with Crippen molar-refractivity contribution in [3.05, 3.63) is 40.3 Å². The van der Waals surface area contributed by atoms with E-state index in [0.717, 1.165) is 80.3 Å². The summed E-state index contributed by atoms with van der Waals surface area (Å²) in [5, 5.41) is 6.05. The summed E-state index contributed by atoms with van der Waals surface area (Å²) in [5.74, 6) is 0.837. The van der Waals surface area contributed by atoms with Crippen LogP contribution >= 0.6 is 11.3 Å². The lowest BCUT2D eigenvalue weighted by molar-refractivity contribution is 0.101. The number of hydrogen-bond acceptors (Lipinski definition) is 7. The van der Waals surface area contributed by atoms with Crippen molar-refractivity contribution < 1.29 is 9.53 Å². The van der Waals surface area contributed by atoms with E-state index in [1.807, 2.05) is 29.6 Å². The number of anilines is 3. The van der Waals surface area contributed by atoms with E-state index < -0.39 is 0 Å². The van der Waals surface area contributed by atoms with Crippen molar-refractivity contribution in [2.24, 2.45) is 0 Å². The normalized spacial score (nSPS) is 17.0. The Balaban J connectivity index is 1.38. The Kier molecular flexibility index (Phi) is 5.26. The Hall–Kier alpha value is -2.71. The van der Waals surface area contributed by atoms with E-state index in [4.69, 9.17) is 9.72 Å². The molecule has 8 heteroatoms. The third-order valence-corrected chi connectivity index (χ3v) is 6.63. The highest BCUT2D eigenvalue weighted by molar-refractivity contribution is 7.11. The number of carbonyl (C=O) groups excluding carboxylic acids is 1. The van der Waals surface area contributed by atoms with E-state index >= 15 is 0 Å². The maximum absolute atomic E-state index is 12.9. The zero-order chi connectivity index (χ0) is 20.5. The molecule has 7 nitrogen and oxygen atoms in total. The Bertz CT molecular complexity index is 1050. The minimum absolute atomic E-state index is 0.222. The summed E-state index contributed by atoms with van der Waals surface area (Å²) in [5.41, 5.74) is 2.73. The lowest BCUT2D eigenvalue weighted by atomic mass is 10.2. The molecule has 4 heterocycles. The average molecular weight is 424 g/mol. The van der Waals surface area contributed by atoms with Gasteiger partial charge in [-0.05, 0) is 44.0 Å². The summed E-state index contributed by atoms with van der Waals surface area (Å²) in [6.45, 7) is 7.32. The first-order valence-electron chi connectivity index (χ1n) is 10.4. The third-order valence-electron chi connectivity index (χ3n) is 5.73. The number of benzene rings is 1. The van der Waals surface area contributed by atoms with Crippen LogP contribution < -0.4 is 15.1 Å². The molecule has 0 bridgehead atoms. The number of nitrogens with zero attached hydrogens (tertiary/aromatic N) is 4. The molecule has 2 aliphatic rings. The monoisotopic (exact) mass is 423 g/mol. The third kappa shape index (κ3) is 3.73.